The highest BCUT2D eigenvalue weighted by Gasteiger charge is 2.19. The fraction of sp³-hybridized carbons (Fsp3) is 0.800. The summed E-state index contributed by atoms with van der Waals surface area (Å²) in [4.78, 5) is 0. The molecule has 0 aromatic carbocycles. The highest BCUT2D eigenvalue weighted by Crippen LogP contribution is 2.30. The van der Waals surface area contributed by atoms with Gasteiger partial charge in [0.15, 0.2) is 0 Å². The second kappa shape index (κ2) is 3.23. The Balaban J connectivity index is 2.38. The van der Waals surface area contributed by atoms with E-state index >= 15 is 0 Å². The Morgan fingerprint density at radius 1 is 1.50 bits per heavy atom. The van der Waals surface area contributed by atoms with Crippen molar-refractivity contribution in [2.45, 2.75) is 33.6 Å². The molecule has 0 saturated heterocycles. The minimum Gasteiger partial charge on any atom is -0.0854 e. The Morgan fingerprint density at radius 2 is 2.20 bits per heavy atom. The molecule has 0 bridgehead atoms. The van der Waals surface area contributed by atoms with Gasteiger partial charge < -0.3 is 0 Å². The fourth-order valence-electron chi connectivity index (χ4n) is 1.64. The van der Waals surface area contributed by atoms with Crippen molar-refractivity contribution in [2.24, 2.45) is 17.8 Å². The smallest absolute Gasteiger partial charge is 0.0202 e. The van der Waals surface area contributed by atoms with E-state index < -0.39 is 0 Å². The fourth-order valence-corrected chi connectivity index (χ4v) is 1.64. The summed E-state index contributed by atoms with van der Waals surface area (Å²) in [5, 5.41) is 0. The molecule has 0 nitrogen and oxygen atoms in total. The summed E-state index contributed by atoms with van der Waals surface area (Å²) in [5.41, 5.74) is 0. The van der Waals surface area contributed by atoms with Gasteiger partial charge in [-0.3, -0.25) is 0 Å². The molecule has 0 fully saturated rings. The molecular weight excluding hydrogens is 120 g/mol. The van der Waals surface area contributed by atoms with Gasteiger partial charge in [0.05, 0.1) is 0 Å². The highest BCUT2D eigenvalue weighted by atomic mass is 14.2. The van der Waals surface area contributed by atoms with Gasteiger partial charge in [-0.15, -0.1) is 0 Å². The second-order valence-electron chi connectivity index (χ2n) is 3.65. The molecule has 10 heavy (non-hydrogen) atoms. The van der Waals surface area contributed by atoms with Crippen molar-refractivity contribution in [3.63, 3.8) is 0 Å². The molecule has 1 aliphatic rings. The van der Waals surface area contributed by atoms with Crippen LogP contribution in [0.3, 0.4) is 0 Å². The predicted octanol–water partition coefficient (Wildman–Crippen LogP) is 3.24. The lowest BCUT2D eigenvalue weighted by atomic mass is 9.90. The number of hydrogen-bond acceptors (Lipinski definition) is 0. The van der Waals surface area contributed by atoms with Gasteiger partial charge in [0.1, 0.15) is 0 Å². The minimum absolute atomic E-state index is 0.832. The first-order valence-corrected chi connectivity index (χ1v) is 4.42. The van der Waals surface area contributed by atoms with E-state index in [0.717, 1.165) is 17.8 Å². The zero-order valence-electron chi connectivity index (χ0n) is 7.30. The largest absolute Gasteiger partial charge is 0.0854 e. The van der Waals surface area contributed by atoms with Crippen molar-refractivity contribution >= 4 is 0 Å². The Bertz CT molecular complexity index is 124. The van der Waals surface area contributed by atoms with Gasteiger partial charge in [0.2, 0.25) is 0 Å². The normalized spacial score (nSPS) is 34.7. The molecule has 0 aromatic rings. The number of rotatable bonds is 2. The molecule has 1 aliphatic carbocycles. The van der Waals surface area contributed by atoms with Gasteiger partial charge in [-0.1, -0.05) is 39.3 Å². The standard InChI is InChI=1S/C10H18/c1-4-9(3)10-6-5-8(2)7-10/h5-6,8-10H,4,7H2,1-3H3. The number of hydrogen-bond donors (Lipinski definition) is 0. The van der Waals surface area contributed by atoms with Crippen molar-refractivity contribution in [1.29, 1.82) is 0 Å². The van der Waals surface area contributed by atoms with E-state index in [9.17, 15) is 0 Å². The summed E-state index contributed by atoms with van der Waals surface area (Å²) in [6, 6.07) is 0. The van der Waals surface area contributed by atoms with E-state index in [-0.39, 0.29) is 0 Å². The third kappa shape index (κ3) is 1.62. The van der Waals surface area contributed by atoms with Crippen LogP contribution in [-0.2, 0) is 0 Å². The van der Waals surface area contributed by atoms with Crippen LogP contribution in [0.2, 0.25) is 0 Å². The van der Waals surface area contributed by atoms with E-state index in [0.29, 0.717) is 0 Å². The molecule has 0 heteroatoms. The van der Waals surface area contributed by atoms with Crippen LogP contribution in [-0.4, -0.2) is 0 Å². The van der Waals surface area contributed by atoms with Gasteiger partial charge in [-0.05, 0) is 24.2 Å². The molecule has 3 unspecified atom stereocenters. The first kappa shape index (κ1) is 7.84. The molecule has 0 aliphatic heterocycles. The average molecular weight is 138 g/mol. The lowest BCUT2D eigenvalue weighted by Crippen LogP contribution is -2.06. The quantitative estimate of drug-likeness (QED) is 0.514. The first-order valence-electron chi connectivity index (χ1n) is 4.42. The topological polar surface area (TPSA) is 0 Å². The Morgan fingerprint density at radius 3 is 2.60 bits per heavy atom. The maximum atomic E-state index is 2.40. The van der Waals surface area contributed by atoms with E-state index in [1.165, 1.54) is 12.8 Å². The molecule has 0 spiro atoms. The zero-order chi connectivity index (χ0) is 7.56. The summed E-state index contributed by atoms with van der Waals surface area (Å²) >= 11 is 0. The van der Waals surface area contributed by atoms with Crippen molar-refractivity contribution in [1.82, 2.24) is 0 Å². The van der Waals surface area contributed by atoms with E-state index in [1.54, 1.807) is 0 Å². The van der Waals surface area contributed by atoms with Gasteiger partial charge in [-0.2, -0.15) is 0 Å². The van der Waals surface area contributed by atoms with Crippen LogP contribution in [0.5, 0.6) is 0 Å². The molecule has 58 valence electrons. The molecule has 0 heterocycles. The van der Waals surface area contributed by atoms with Crippen LogP contribution in [0, 0.1) is 17.8 Å². The molecule has 0 saturated carbocycles. The van der Waals surface area contributed by atoms with E-state index in [1.807, 2.05) is 0 Å². The van der Waals surface area contributed by atoms with Gasteiger partial charge in [-0.25, -0.2) is 0 Å². The molecule has 0 radical (unpaired) electrons. The third-order valence-corrected chi connectivity index (χ3v) is 2.71. The van der Waals surface area contributed by atoms with Crippen LogP contribution in [0.1, 0.15) is 33.6 Å². The highest BCUT2D eigenvalue weighted by molar-refractivity contribution is 5.01. The van der Waals surface area contributed by atoms with Crippen molar-refractivity contribution < 1.29 is 0 Å². The summed E-state index contributed by atoms with van der Waals surface area (Å²) in [6.07, 6.45) is 7.46. The van der Waals surface area contributed by atoms with Crippen LogP contribution in [0.15, 0.2) is 12.2 Å². The van der Waals surface area contributed by atoms with Crippen LogP contribution < -0.4 is 0 Å². The average Bonchev–Trinajstić information content (AvgIpc) is 2.34. The third-order valence-electron chi connectivity index (χ3n) is 2.71. The number of allylic oxidation sites excluding steroid dienone is 2. The Labute approximate surface area is 64.3 Å². The van der Waals surface area contributed by atoms with Crippen molar-refractivity contribution in [3.8, 4) is 0 Å². The molecule has 0 aromatic heterocycles. The predicted molar refractivity (Wildman–Crippen MR) is 45.9 cm³/mol. The molecule has 0 N–H and O–H groups in total. The van der Waals surface area contributed by atoms with E-state index in [2.05, 4.69) is 32.9 Å². The summed E-state index contributed by atoms with van der Waals surface area (Å²) in [6.45, 7) is 6.94. The SMILES string of the molecule is CCC(C)C1C=CC(C)C1. The van der Waals surface area contributed by atoms with Crippen molar-refractivity contribution in [2.75, 3.05) is 0 Å². The lowest BCUT2D eigenvalue weighted by molar-refractivity contribution is 0.387. The van der Waals surface area contributed by atoms with Crippen LogP contribution >= 0.6 is 0 Å². The molecule has 1 rings (SSSR count). The van der Waals surface area contributed by atoms with E-state index in [4.69, 9.17) is 0 Å². The summed E-state index contributed by atoms with van der Waals surface area (Å²) < 4.78 is 0. The maximum Gasteiger partial charge on any atom is -0.0202 e. The van der Waals surface area contributed by atoms with Crippen molar-refractivity contribution in [3.05, 3.63) is 12.2 Å². The van der Waals surface area contributed by atoms with Crippen LogP contribution in [0.25, 0.3) is 0 Å². The van der Waals surface area contributed by atoms with Crippen LogP contribution in [0.4, 0.5) is 0 Å². The Kier molecular flexibility index (Phi) is 2.53. The van der Waals surface area contributed by atoms with Gasteiger partial charge in [0, 0.05) is 0 Å². The monoisotopic (exact) mass is 138 g/mol. The molecule has 0 amide bonds. The second-order valence-corrected chi connectivity index (χ2v) is 3.65. The zero-order valence-corrected chi connectivity index (χ0v) is 7.30. The summed E-state index contributed by atoms with van der Waals surface area (Å²) in [5.74, 6) is 2.60. The molecule has 3 atom stereocenters. The minimum atomic E-state index is 0.832. The molecular formula is C10H18. The van der Waals surface area contributed by atoms with Gasteiger partial charge in [0.25, 0.3) is 0 Å². The lowest BCUT2D eigenvalue weighted by Gasteiger charge is -2.15. The maximum absolute atomic E-state index is 2.40. The Hall–Kier alpha value is -0.260. The summed E-state index contributed by atoms with van der Waals surface area (Å²) in [7, 11) is 0. The first-order chi connectivity index (χ1) is 4.74. The van der Waals surface area contributed by atoms with Gasteiger partial charge >= 0.3 is 0 Å².